The first-order valence-electron chi connectivity index (χ1n) is 26.2. The van der Waals surface area contributed by atoms with Crippen LogP contribution in [0.5, 0.6) is 17.5 Å². The number of benzene rings is 2. The number of nitrogens with two attached hydrogens (primary N) is 1. The minimum absolute atomic E-state index is 0.0503. The largest absolute Gasteiger partial charge is 0.507 e. The zero-order chi connectivity index (χ0) is 52.3. The number of rotatable bonds is 18. The van der Waals surface area contributed by atoms with E-state index in [9.17, 15) is 19.8 Å². The molecular formula is C55H68N12O7S. The lowest BCUT2D eigenvalue weighted by Crippen LogP contribution is -2.54. The molecule has 0 radical (unpaired) electrons. The molecule has 5 N–H and O–H groups in total. The fourth-order valence-corrected chi connectivity index (χ4v) is 12.2. The molecule has 75 heavy (non-hydrogen) atoms. The molecule has 4 aliphatic heterocycles. The Labute approximate surface area is 441 Å². The van der Waals surface area contributed by atoms with Crippen LogP contribution in [0, 0.1) is 12.8 Å². The number of amides is 2. The fourth-order valence-electron chi connectivity index (χ4n) is 11.4. The molecular weight excluding hydrogens is 973 g/mol. The van der Waals surface area contributed by atoms with Crippen LogP contribution in [0.2, 0.25) is 0 Å². The molecule has 4 fully saturated rings. The number of aliphatic hydroxyl groups is 1. The van der Waals surface area contributed by atoms with E-state index in [0.29, 0.717) is 60.4 Å². The van der Waals surface area contributed by atoms with Crippen molar-refractivity contribution in [2.75, 3.05) is 81.1 Å². The number of β-amino-alcohol motifs (C(OH)–C–C–N with tert-alkyl or cyclic N) is 1. The zero-order valence-corrected chi connectivity index (χ0v) is 44.1. The molecule has 20 heteroatoms. The SMILES string of the molecule is Cc1ncsc1-c1ccc([C@H](C)NC(=O)[C@@H]2C[C@@H](O)CN2C(=O)[C@@H](c2cc(OCCN3CCN(CCOc4cc(N5C6CCC5CN(c5cc(-c7ccccc7O)nnc5N)C6)ccn4)[C@@H](C)C3)no2)C(C)C)cc1. The van der Waals surface area contributed by atoms with E-state index in [4.69, 9.17) is 19.7 Å². The number of piperazine rings is 2. The van der Waals surface area contributed by atoms with E-state index in [2.05, 4.69) is 69.3 Å². The van der Waals surface area contributed by atoms with Crippen LogP contribution in [0.4, 0.5) is 17.2 Å². The van der Waals surface area contributed by atoms with Gasteiger partial charge in [0.1, 0.15) is 30.9 Å². The number of likely N-dealkylation sites (tertiary alicyclic amines) is 1. The Morgan fingerprint density at radius 2 is 1.67 bits per heavy atom. The van der Waals surface area contributed by atoms with Crippen molar-refractivity contribution < 1.29 is 33.8 Å². The third-order valence-corrected chi connectivity index (χ3v) is 16.3. The monoisotopic (exact) mass is 1040 g/mol. The Bertz CT molecular complexity index is 2920. The van der Waals surface area contributed by atoms with Crippen LogP contribution >= 0.6 is 11.3 Å². The fraction of sp³-hybridized carbons (Fsp3) is 0.473. The maximum absolute atomic E-state index is 14.3. The normalized spacial score (nSPS) is 21.9. The molecule has 2 unspecified atom stereocenters. The van der Waals surface area contributed by atoms with Crippen LogP contribution < -0.4 is 30.3 Å². The van der Waals surface area contributed by atoms with Crippen molar-refractivity contribution in [3.8, 4) is 39.2 Å². The average Bonchev–Trinajstić information content (AvgIpc) is 4.21. The van der Waals surface area contributed by atoms with Crippen molar-refractivity contribution in [1.29, 1.82) is 0 Å². The lowest BCUT2D eigenvalue weighted by Gasteiger charge is -2.43. The van der Waals surface area contributed by atoms with Crippen molar-refractivity contribution in [3.05, 3.63) is 102 Å². The summed E-state index contributed by atoms with van der Waals surface area (Å²) in [4.78, 5) is 49.2. The first-order valence-corrected chi connectivity index (χ1v) is 27.0. The highest BCUT2D eigenvalue weighted by Gasteiger charge is 2.44. The first kappa shape index (κ1) is 51.6. The highest BCUT2D eigenvalue weighted by Crippen LogP contribution is 2.40. The van der Waals surface area contributed by atoms with Gasteiger partial charge in [-0.25, -0.2) is 9.97 Å². The van der Waals surface area contributed by atoms with Crippen molar-refractivity contribution in [2.45, 2.75) is 96.1 Å². The molecule has 4 aliphatic rings. The number of phenols is 1. The van der Waals surface area contributed by atoms with E-state index >= 15 is 0 Å². The smallest absolute Gasteiger partial charge is 0.254 e. The number of phenolic OH excluding ortho intramolecular Hbond substituents is 1. The van der Waals surface area contributed by atoms with Crippen molar-refractivity contribution >= 4 is 40.3 Å². The number of hydrogen-bond donors (Lipinski definition) is 4. The number of anilines is 3. The molecule has 19 nitrogen and oxygen atoms in total. The Hall–Kier alpha value is -6.87. The minimum atomic E-state index is -0.833. The van der Waals surface area contributed by atoms with Crippen molar-refractivity contribution in [3.63, 3.8) is 0 Å². The van der Waals surface area contributed by atoms with Gasteiger partial charge in [-0.3, -0.25) is 19.4 Å². The highest BCUT2D eigenvalue weighted by molar-refractivity contribution is 7.13. The topological polar surface area (TPSA) is 225 Å². The summed E-state index contributed by atoms with van der Waals surface area (Å²) < 4.78 is 18.1. The predicted molar refractivity (Wildman–Crippen MR) is 287 cm³/mol. The van der Waals surface area contributed by atoms with Gasteiger partial charge in [-0.2, -0.15) is 0 Å². The van der Waals surface area contributed by atoms with Gasteiger partial charge in [-0.15, -0.1) is 21.5 Å². The van der Waals surface area contributed by atoms with Crippen LogP contribution in [0.3, 0.4) is 0 Å². The molecule has 0 saturated carbocycles. The maximum Gasteiger partial charge on any atom is 0.254 e. The number of carbonyl (C=O) groups excluding carboxylic acids is 2. The summed E-state index contributed by atoms with van der Waals surface area (Å²) >= 11 is 1.59. The van der Waals surface area contributed by atoms with Gasteiger partial charge in [0, 0.05) is 106 Å². The summed E-state index contributed by atoms with van der Waals surface area (Å²) in [6, 6.07) is 22.6. The summed E-state index contributed by atoms with van der Waals surface area (Å²) in [5.41, 5.74) is 14.3. The van der Waals surface area contributed by atoms with Crippen LogP contribution in [-0.4, -0.2) is 158 Å². The van der Waals surface area contributed by atoms with Crippen LogP contribution in [0.15, 0.2) is 89.0 Å². The number of fused-ring (bicyclic) bond motifs is 2. The van der Waals surface area contributed by atoms with E-state index in [0.717, 1.165) is 85.2 Å². The van der Waals surface area contributed by atoms with Gasteiger partial charge in [-0.05, 0) is 80.1 Å². The number of ether oxygens (including phenoxy) is 2. The number of aliphatic hydroxyl groups excluding tert-OH is 1. The molecule has 6 aromatic rings. The minimum Gasteiger partial charge on any atom is -0.507 e. The summed E-state index contributed by atoms with van der Waals surface area (Å²) in [5, 5.41) is 37.0. The number of pyridine rings is 1. The van der Waals surface area contributed by atoms with Gasteiger partial charge in [0.15, 0.2) is 11.6 Å². The third kappa shape index (κ3) is 11.4. The van der Waals surface area contributed by atoms with Gasteiger partial charge >= 0.3 is 0 Å². The number of para-hydroxylation sites is 1. The van der Waals surface area contributed by atoms with Gasteiger partial charge in [0.2, 0.25) is 17.7 Å². The summed E-state index contributed by atoms with van der Waals surface area (Å²) in [6.07, 6.45) is 3.27. The van der Waals surface area contributed by atoms with Gasteiger partial charge in [-0.1, -0.05) is 50.2 Å². The van der Waals surface area contributed by atoms with Crippen LogP contribution in [-0.2, 0) is 9.59 Å². The van der Waals surface area contributed by atoms with Gasteiger partial charge in [0.25, 0.3) is 5.88 Å². The van der Waals surface area contributed by atoms with Crippen molar-refractivity contribution in [2.24, 2.45) is 5.92 Å². The second-order valence-corrected chi connectivity index (χ2v) is 21.6. The number of nitrogens with zero attached hydrogens (tertiary/aromatic N) is 10. The molecule has 2 amide bonds. The molecule has 2 aromatic carbocycles. The molecule has 0 aliphatic carbocycles. The van der Waals surface area contributed by atoms with E-state index < -0.39 is 18.1 Å². The van der Waals surface area contributed by atoms with Gasteiger partial charge < -0.3 is 50.0 Å². The quantitative estimate of drug-likeness (QED) is 0.0758. The number of aryl methyl sites for hydroxylation is 1. The summed E-state index contributed by atoms with van der Waals surface area (Å²) in [6.45, 7) is 16.6. The highest BCUT2D eigenvalue weighted by atomic mass is 32.1. The molecule has 8 heterocycles. The van der Waals surface area contributed by atoms with E-state index in [1.807, 2.05) is 81.9 Å². The first-order chi connectivity index (χ1) is 36.3. The number of carbonyl (C=O) groups is 2. The molecule has 0 spiro atoms. The van der Waals surface area contributed by atoms with E-state index in [1.54, 1.807) is 29.5 Å². The second-order valence-electron chi connectivity index (χ2n) is 20.8. The predicted octanol–water partition coefficient (Wildman–Crippen LogP) is 6.15. The Morgan fingerprint density at radius 1 is 0.907 bits per heavy atom. The number of aromatic hydroxyl groups is 1. The van der Waals surface area contributed by atoms with Gasteiger partial charge in [0.05, 0.1) is 39.6 Å². The van der Waals surface area contributed by atoms with E-state index in [1.165, 1.54) is 4.90 Å². The Balaban J connectivity index is 0.666. The number of aromatic nitrogens is 5. The molecule has 396 valence electrons. The Kier molecular flexibility index (Phi) is 15.5. The molecule has 10 rings (SSSR count). The molecule has 2 bridgehead atoms. The number of hydrogen-bond acceptors (Lipinski definition) is 18. The average molecular weight is 1040 g/mol. The number of thiazole rings is 1. The summed E-state index contributed by atoms with van der Waals surface area (Å²) in [5.74, 6) is 0.285. The maximum atomic E-state index is 14.3. The number of nitrogen functional groups attached to an aromatic ring is 1. The third-order valence-electron chi connectivity index (χ3n) is 15.3. The van der Waals surface area contributed by atoms with Crippen molar-refractivity contribution in [1.82, 2.24) is 45.3 Å². The summed E-state index contributed by atoms with van der Waals surface area (Å²) in [7, 11) is 0. The van der Waals surface area contributed by atoms with Crippen LogP contribution in [0.25, 0.3) is 21.7 Å². The lowest BCUT2D eigenvalue weighted by atomic mass is 9.91. The Morgan fingerprint density at radius 3 is 2.40 bits per heavy atom. The number of nitrogens with one attached hydrogen (secondary N) is 1. The molecule has 7 atom stereocenters. The lowest BCUT2D eigenvalue weighted by molar-refractivity contribution is -0.141. The van der Waals surface area contributed by atoms with Crippen LogP contribution in [0.1, 0.15) is 75.9 Å². The molecule has 4 aromatic heterocycles. The second kappa shape index (κ2) is 22.5. The standard InChI is InChI=1S/C55H68N12O7S/c1-33(2)51(55(71)66-31-42(68)25-46(66)54(70)59-35(4)37-10-12-38(13-11-37)52-36(5)58-32-75-52)48-27-50(62-74-48)73-22-20-63-18-19-64(34(3)28-63)21-23-72-49-24-39(16-17-57-49)67-40-14-15-41(67)30-65(29-40)45-26-44(60-61-53(45)56)43-8-6-7-9-47(43)69/h6-13,16-17,24,26-27,32-35,40-42,46,51,68-69H,14-15,18-23,25,28-31H2,1-5H3,(H2,56,61)(H,59,70)/t34-,35-,40?,41?,42+,46-,51+/m0/s1. The zero-order valence-electron chi connectivity index (χ0n) is 43.3. The van der Waals surface area contributed by atoms with E-state index in [-0.39, 0.29) is 54.6 Å². The molecule has 4 saturated heterocycles.